The van der Waals surface area contributed by atoms with Crippen LogP contribution in [0.5, 0.6) is 0 Å². The predicted molar refractivity (Wildman–Crippen MR) is 80.9 cm³/mol. The zero-order valence-electron chi connectivity index (χ0n) is 13.6. The van der Waals surface area contributed by atoms with E-state index in [1.807, 2.05) is 10.9 Å². The van der Waals surface area contributed by atoms with Gasteiger partial charge >= 0.3 is 6.18 Å². The molecule has 132 valence electrons. The molecule has 1 atom stereocenters. The summed E-state index contributed by atoms with van der Waals surface area (Å²) in [5, 5.41) is 15.5. The lowest BCUT2D eigenvalue weighted by atomic mass is 9.99. The summed E-state index contributed by atoms with van der Waals surface area (Å²) < 4.78 is 42.3. The van der Waals surface area contributed by atoms with Gasteiger partial charge in [-0.2, -0.15) is 18.3 Å². The summed E-state index contributed by atoms with van der Waals surface area (Å²) in [6.45, 7) is 3.85. The molecule has 2 aromatic rings. The molecule has 0 amide bonds. The molecule has 1 aliphatic heterocycles. The highest BCUT2D eigenvalue weighted by Gasteiger charge is 2.42. The van der Waals surface area contributed by atoms with Gasteiger partial charge in [-0.15, -0.1) is 10.2 Å². The first-order chi connectivity index (χ1) is 11.5. The van der Waals surface area contributed by atoms with E-state index < -0.39 is 12.1 Å². The number of aromatic nitrogens is 5. The summed E-state index contributed by atoms with van der Waals surface area (Å²) >= 11 is 0. The number of hydrogen-bond donors (Lipinski definition) is 1. The Balaban J connectivity index is 1.58. The molecule has 0 fully saturated rings. The van der Waals surface area contributed by atoms with Crippen molar-refractivity contribution in [2.24, 2.45) is 5.92 Å². The second kappa shape index (κ2) is 6.92. The van der Waals surface area contributed by atoms with Crippen molar-refractivity contribution >= 4 is 0 Å². The van der Waals surface area contributed by atoms with Gasteiger partial charge in [0, 0.05) is 37.8 Å². The Morgan fingerprint density at radius 1 is 1.29 bits per heavy atom. The molecule has 0 bridgehead atoms. The van der Waals surface area contributed by atoms with Gasteiger partial charge < -0.3 is 9.88 Å². The lowest BCUT2D eigenvalue weighted by Gasteiger charge is -2.26. The van der Waals surface area contributed by atoms with Crippen LogP contribution in [-0.4, -0.2) is 30.7 Å². The first-order valence-electron chi connectivity index (χ1n) is 8.17. The Bertz CT molecular complexity index is 675. The van der Waals surface area contributed by atoms with Gasteiger partial charge in [-0.05, 0) is 12.8 Å². The van der Waals surface area contributed by atoms with Crippen LogP contribution in [-0.2, 0) is 32.6 Å². The summed E-state index contributed by atoms with van der Waals surface area (Å²) in [4.78, 5) is 0. The van der Waals surface area contributed by atoms with Crippen LogP contribution in [0.4, 0.5) is 13.2 Å². The maximum Gasteiger partial charge on any atom is 0.393 e. The highest BCUT2D eigenvalue weighted by molar-refractivity contribution is 5.05. The summed E-state index contributed by atoms with van der Waals surface area (Å²) in [5.41, 5.74) is 1.04. The predicted octanol–water partition coefficient (Wildman–Crippen LogP) is 2.30. The van der Waals surface area contributed by atoms with Crippen molar-refractivity contribution < 1.29 is 13.2 Å². The fraction of sp³-hybridized carbons (Fsp3) is 0.667. The molecule has 0 radical (unpaired) electrons. The van der Waals surface area contributed by atoms with E-state index in [9.17, 15) is 13.2 Å². The topological polar surface area (TPSA) is 60.6 Å². The van der Waals surface area contributed by atoms with Gasteiger partial charge in [0.25, 0.3) is 0 Å². The number of fused-ring (bicyclic) bond motifs is 1. The number of aryl methyl sites for hydroxylation is 2. The van der Waals surface area contributed by atoms with E-state index in [2.05, 4.69) is 27.5 Å². The molecule has 0 saturated heterocycles. The fourth-order valence-corrected chi connectivity index (χ4v) is 2.95. The normalized spacial score (nSPS) is 17.9. The summed E-state index contributed by atoms with van der Waals surface area (Å²) in [5.74, 6) is -0.116. The highest BCUT2D eigenvalue weighted by atomic mass is 19.4. The van der Waals surface area contributed by atoms with Gasteiger partial charge in [0.2, 0.25) is 0 Å². The van der Waals surface area contributed by atoms with Gasteiger partial charge in [0.05, 0.1) is 18.7 Å². The third-order valence-corrected chi connectivity index (χ3v) is 4.24. The van der Waals surface area contributed by atoms with Crippen molar-refractivity contribution in [3.05, 3.63) is 29.6 Å². The first kappa shape index (κ1) is 16.9. The van der Waals surface area contributed by atoms with E-state index in [1.54, 1.807) is 10.8 Å². The van der Waals surface area contributed by atoms with Crippen molar-refractivity contribution in [3.63, 3.8) is 0 Å². The van der Waals surface area contributed by atoms with E-state index in [-0.39, 0.29) is 13.0 Å². The fourth-order valence-electron chi connectivity index (χ4n) is 2.95. The lowest BCUT2D eigenvalue weighted by Crippen LogP contribution is -2.33. The van der Waals surface area contributed by atoms with Crippen LogP contribution in [0.25, 0.3) is 0 Å². The van der Waals surface area contributed by atoms with E-state index in [0.717, 1.165) is 18.5 Å². The number of nitrogens with one attached hydrogen (secondary N) is 1. The number of rotatable bonds is 6. The van der Waals surface area contributed by atoms with Gasteiger partial charge in [0.1, 0.15) is 11.6 Å². The summed E-state index contributed by atoms with van der Waals surface area (Å²) in [6, 6.07) is 0. The van der Waals surface area contributed by atoms with Crippen LogP contribution in [0.2, 0.25) is 0 Å². The Labute approximate surface area is 138 Å². The Morgan fingerprint density at radius 3 is 2.88 bits per heavy atom. The largest absolute Gasteiger partial charge is 0.393 e. The van der Waals surface area contributed by atoms with Crippen LogP contribution < -0.4 is 5.32 Å². The van der Waals surface area contributed by atoms with Gasteiger partial charge in [0.15, 0.2) is 0 Å². The molecule has 3 heterocycles. The average Bonchev–Trinajstić information content (AvgIpc) is 3.14. The number of alkyl halides is 3. The molecule has 3 rings (SSSR count). The molecule has 0 aromatic carbocycles. The molecule has 6 nitrogen and oxygen atoms in total. The van der Waals surface area contributed by atoms with Crippen molar-refractivity contribution in [2.45, 2.75) is 58.5 Å². The smallest absolute Gasteiger partial charge is 0.313 e. The van der Waals surface area contributed by atoms with Crippen molar-refractivity contribution in [2.75, 3.05) is 0 Å². The molecule has 0 unspecified atom stereocenters. The van der Waals surface area contributed by atoms with Crippen LogP contribution in [0, 0.1) is 5.92 Å². The molecular formula is C15H21F3N6. The van der Waals surface area contributed by atoms with E-state index in [1.165, 1.54) is 0 Å². The SMILES string of the molecule is CCCn1cc(CNCc2nnc3n2C[C@H](C(F)(F)F)CC3)cn1. The monoisotopic (exact) mass is 342 g/mol. The average molecular weight is 342 g/mol. The Kier molecular flexibility index (Phi) is 4.88. The van der Waals surface area contributed by atoms with Crippen LogP contribution in [0.15, 0.2) is 12.4 Å². The van der Waals surface area contributed by atoms with Gasteiger partial charge in [-0.3, -0.25) is 4.68 Å². The van der Waals surface area contributed by atoms with Crippen molar-refractivity contribution in [1.29, 1.82) is 0 Å². The summed E-state index contributed by atoms with van der Waals surface area (Å²) in [7, 11) is 0. The molecular weight excluding hydrogens is 321 g/mol. The van der Waals surface area contributed by atoms with Crippen LogP contribution in [0.1, 0.15) is 37.0 Å². The van der Waals surface area contributed by atoms with Crippen LogP contribution in [0.3, 0.4) is 0 Å². The van der Waals surface area contributed by atoms with Crippen LogP contribution >= 0.6 is 0 Å². The van der Waals surface area contributed by atoms with E-state index >= 15 is 0 Å². The molecule has 1 N–H and O–H groups in total. The molecule has 1 aliphatic rings. The molecule has 9 heteroatoms. The standard InChI is InChI=1S/C15H21F3N6/c1-2-5-23-9-11(7-20-23)6-19-8-14-22-21-13-4-3-12(10-24(13)14)15(16,17)18/h7,9,12,19H,2-6,8,10H2,1H3/t12-/m1/s1. The maximum absolute atomic E-state index is 12.9. The molecule has 0 aliphatic carbocycles. The van der Waals surface area contributed by atoms with Gasteiger partial charge in [-0.1, -0.05) is 6.92 Å². The molecule has 0 spiro atoms. The highest BCUT2D eigenvalue weighted by Crippen LogP contribution is 2.34. The number of halogens is 3. The quantitative estimate of drug-likeness (QED) is 0.875. The Hall–Kier alpha value is -1.90. The minimum atomic E-state index is -4.17. The molecule has 2 aromatic heterocycles. The second-order valence-corrected chi connectivity index (χ2v) is 6.14. The third kappa shape index (κ3) is 3.77. The zero-order chi connectivity index (χ0) is 17.2. The Morgan fingerprint density at radius 2 is 2.12 bits per heavy atom. The third-order valence-electron chi connectivity index (χ3n) is 4.24. The molecule has 0 saturated carbocycles. The lowest BCUT2D eigenvalue weighted by molar-refractivity contribution is -0.182. The molecule has 24 heavy (non-hydrogen) atoms. The maximum atomic E-state index is 12.9. The minimum Gasteiger partial charge on any atom is -0.313 e. The summed E-state index contributed by atoms with van der Waals surface area (Å²) in [6.07, 6.45) is 1.02. The van der Waals surface area contributed by atoms with E-state index in [4.69, 9.17) is 0 Å². The van der Waals surface area contributed by atoms with Crippen molar-refractivity contribution in [1.82, 2.24) is 29.9 Å². The van der Waals surface area contributed by atoms with Crippen molar-refractivity contribution in [3.8, 4) is 0 Å². The zero-order valence-corrected chi connectivity index (χ0v) is 13.6. The first-order valence-corrected chi connectivity index (χ1v) is 8.17. The van der Waals surface area contributed by atoms with E-state index in [0.29, 0.717) is 31.2 Å². The van der Waals surface area contributed by atoms with Gasteiger partial charge in [-0.25, -0.2) is 0 Å². The second-order valence-electron chi connectivity index (χ2n) is 6.14. The number of nitrogens with zero attached hydrogens (tertiary/aromatic N) is 5. The minimum absolute atomic E-state index is 0.0860. The number of hydrogen-bond acceptors (Lipinski definition) is 4.